The number of carbonyl (C=O) groups is 3. The fourth-order valence-electron chi connectivity index (χ4n) is 5.67. The first-order valence-corrected chi connectivity index (χ1v) is 13.4. The maximum atomic E-state index is 13.3. The standard InChI is InChI=1S/C29H28Cl2N2O4/c1-2-33-21-10-6-12-23(34)27(21)26(28-22(33)11-7-13-24(28)35)17-14-19(30)29(20(31)15-17)37-16-25(36)32-18-8-4-3-5-9-18/h3-5,8-9,14-15,26H,2,6-7,10-13,16H2,1H3,(H,32,36). The summed E-state index contributed by atoms with van der Waals surface area (Å²) in [5.41, 5.74) is 4.75. The van der Waals surface area contributed by atoms with Crippen LogP contribution >= 0.6 is 23.2 Å². The van der Waals surface area contributed by atoms with Crippen LogP contribution in [0.15, 0.2) is 65.0 Å². The van der Waals surface area contributed by atoms with Gasteiger partial charge in [0, 0.05) is 53.5 Å². The number of ketones is 2. The van der Waals surface area contributed by atoms with Gasteiger partial charge in [-0.25, -0.2) is 0 Å². The molecule has 0 atom stereocenters. The molecule has 0 aromatic heterocycles. The van der Waals surface area contributed by atoms with Crippen LogP contribution in [0.25, 0.3) is 0 Å². The quantitative estimate of drug-likeness (QED) is 0.457. The van der Waals surface area contributed by atoms with Crippen molar-refractivity contribution in [3.8, 4) is 5.75 Å². The van der Waals surface area contributed by atoms with Crippen LogP contribution < -0.4 is 10.1 Å². The van der Waals surface area contributed by atoms with Gasteiger partial charge in [-0.2, -0.15) is 0 Å². The van der Waals surface area contributed by atoms with E-state index in [1.807, 2.05) is 18.2 Å². The lowest BCUT2D eigenvalue weighted by atomic mass is 9.71. The molecule has 2 aliphatic carbocycles. The van der Waals surface area contributed by atoms with E-state index in [4.69, 9.17) is 27.9 Å². The summed E-state index contributed by atoms with van der Waals surface area (Å²) in [6, 6.07) is 12.5. The first kappa shape index (κ1) is 25.6. The number of benzene rings is 2. The Morgan fingerprint density at radius 2 is 1.51 bits per heavy atom. The average Bonchev–Trinajstić information content (AvgIpc) is 2.88. The van der Waals surface area contributed by atoms with Crippen LogP contribution in [0.3, 0.4) is 0 Å². The molecular weight excluding hydrogens is 511 g/mol. The number of allylic oxidation sites excluding steroid dienone is 4. The lowest BCUT2D eigenvalue weighted by Crippen LogP contribution is -2.39. The smallest absolute Gasteiger partial charge is 0.262 e. The molecule has 37 heavy (non-hydrogen) atoms. The van der Waals surface area contributed by atoms with E-state index >= 15 is 0 Å². The molecule has 2 aromatic rings. The van der Waals surface area contributed by atoms with E-state index in [-0.39, 0.29) is 39.9 Å². The molecule has 1 amide bonds. The normalized spacial score (nSPS) is 18.1. The SMILES string of the molecule is CCN1C2=C(C(=O)CCC2)C(c2cc(Cl)c(OCC(=O)Nc3ccccc3)c(Cl)c2)C2=C1CCCC2=O. The van der Waals surface area contributed by atoms with E-state index < -0.39 is 5.92 Å². The van der Waals surface area contributed by atoms with Crippen molar-refractivity contribution in [1.82, 2.24) is 4.90 Å². The van der Waals surface area contributed by atoms with Gasteiger partial charge in [-0.15, -0.1) is 0 Å². The molecule has 0 bridgehead atoms. The van der Waals surface area contributed by atoms with E-state index in [0.717, 1.165) is 37.1 Å². The number of para-hydroxylation sites is 1. The zero-order valence-corrected chi connectivity index (χ0v) is 22.1. The zero-order valence-electron chi connectivity index (χ0n) is 20.6. The number of hydrogen-bond acceptors (Lipinski definition) is 5. The van der Waals surface area contributed by atoms with E-state index in [9.17, 15) is 14.4 Å². The summed E-state index contributed by atoms with van der Waals surface area (Å²) in [6.45, 7) is 2.50. The number of ether oxygens (including phenoxy) is 1. The number of nitrogens with one attached hydrogen (secondary N) is 1. The van der Waals surface area contributed by atoms with Crippen LogP contribution in [0.4, 0.5) is 5.69 Å². The van der Waals surface area contributed by atoms with E-state index in [1.54, 1.807) is 24.3 Å². The summed E-state index contributed by atoms with van der Waals surface area (Å²) in [6.07, 6.45) is 4.13. The highest BCUT2D eigenvalue weighted by atomic mass is 35.5. The highest BCUT2D eigenvalue weighted by molar-refractivity contribution is 6.37. The Bertz CT molecular complexity index is 1270. The Labute approximate surface area is 226 Å². The van der Waals surface area contributed by atoms with Gasteiger partial charge in [0.05, 0.1) is 10.0 Å². The fraction of sp³-hybridized carbons (Fsp3) is 0.345. The summed E-state index contributed by atoms with van der Waals surface area (Å²) < 4.78 is 5.69. The lowest BCUT2D eigenvalue weighted by Gasteiger charge is -2.43. The molecule has 0 spiro atoms. The summed E-state index contributed by atoms with van der Waals surface area (Å²) in [5.74, 6) is -0.521. The van der Waals surface area contributed by atoms with E-state index in [0.29, 0.717) is 41.8 Å². The third kappa shape index (κ3) is 4.92. The van der Waals surface area contributed by atoms with Gasteiger partial charge >= 0.3 is 0 Å². The molecule has 1 N–H and O–H groups in total. The second kappa shape index (κ2) is 10.7. The highest BCUT2D eigenvalue weighted by Gasteiger charge is 2.43. The summed E-state index contributed by atoms with van der Waals surface area (Å²) in [7, 11) is 0. The van der Waals surface area contributed by atoms with Gasteiger partial charge in [-0.3, -0.25) is 14.4 Å². The molecule has 5 rings (SSSR count). The van der Waals surface area contributed by atoms with Crippen LogP contribution in [-0.4, -0.2) is 35.5 Å². The topological polar surface area (TPSA) is 75.7 Å². The second-order valence-corrected chi connectivity index (χ2v) is 10.3. The molecule has 0 unspecified atom stereocenters. The number of nitrogens with zero attached hydrogens (tertiary/aromatic N) is 1. The molecule has 0 saturated heterocycles. The number of rotatable bonds is 6. The van der Waals surface area contributed by atoms with Crippen molar-refractivity contribution >= 4 is 46.4 Å². The first-order valence-electron chi connectivity index (χ1n) is 12.7. The molecule has 0 saturated carbocycles. The number of halogens is 2. The maximum Gasteiger partial charge on any atom is 0.262 e. The van der Waals surface area contributed by atoms with Gasteiger partial charge in [-0.05, 0) is 62.4 Å². The Kier molecular flexibility index (Phi) is 7.40. The van der Waals surface area contributed by atoms with Gasteiger partial charge in [0.25, 0.3) is 5.91 Å². The first-order chi connectivity index (χ1) is 17.9. The average molecular weight is 539 g/mol. The predicted octanol–water partition coefficient (Wildman–Crippen LogP) is 6.44. The van der Waals surface area contributed by atoms with Crippen molar-refractivity contribution in [3.63, 3.8) is 0 Å². The van der Waals surface area contributed by atoms with Crippen molar-refractivity contribution in [2.24, 2.45) is 0 Å². The number of hydrogen-bond donors (Lipinski definition) is 1. The molecular formula is C29H28Cl2N2O4. The minimum atomic E-state index is -0.501. The van der Waals surface area contributed by atoms with E-state index in [2.05, 4.69) is 17.1 Å². The number of anilines is 1. The molecule has 0 radical (unpaired) electrons. The number of carbonyl (C=O) groups excluding carboxylic acids is 3. The maximum absolute atomic E-state index is 13.3. The van der Waals surface area contributed by atoms with Crippen LogP contribution in [0.1, 0.15) is 56.9 Å². The van der Waals surface area contributed by atoms with Crippen molar-refractivity contribution in [3.05, 3.63) is 80.6 Å². The molecule has 0 fully saturated rings. The fourth-order valence-corrected chi connectivity index (χ4v) is 6.28. The predicted molar refractivity (Wildman–Crippen MR) is 144 cm³/mol. The van der Waals surface area contributed by atoms with Crippen molar-refractivity contribution in [2.45, 2.75) is 51.4 Å². The molecule has 1 aliphatic heterocycles. The molecule has 3 aliphatic rings. The molecule has 1 heterocycles. The third-order valence-electron chi connectivity index (χ3n) is 7.16. The Hall–Kier alpha value is -3.09. The van der Waals surface area contributed by atoms with Gasteiger partial charge in [-0.1, -0.05) is 41.4 Å². The number of Topliss-reactive ketones (excluding diaryl/α,β-unsaturated/α-hetero) is 2. The largest absolute Gasteiger partial charge is 0.481 e. The van der Waals surface area contributed by atoms with Crippen LogP contribution in [0, 0.1) is 0 Å². The summed E-state index contributed by atoms with van der Waals surface area (Å²) >= 11 is 13.2. The molecule has 192 valence electrons. The second-order valence-electron chi connectivity index (χ2n) is 9.47. The Morgan fingerprint density at radius 1 is 0.946 bits per heavy atom. The Morgan fingerprint density at radius 3 is 2.05 bits per heavy atom. The van der Waals surface area contributed by atoms with Gasteiger partial charge in [0.15, 0.2) is 23.9 Å². The van der Waals surface area contributed by atoms with Crippen molar-refractivity contribution in [1.29, 1.82) is 0 Å². The van der Waals surface area contributed by atoms with Crippen LogP contribution in [-0.2, 0) is 14.4 Å². The lowest BCUT2D eigenvalue weighted by molar-refractivity contribution is -0.118. The molecule has 6 nitrogen and oxygen atoms in total. The minimum Gasteiger partial charge on any atom is -0.481 e. The van der Waals surface area contributed by atoms with Crippen molar-refractivity contribution < 1.29 is 19.1 Å². The van der Waals surface area contributed by atoms with Gasteiger partial charge in [0.1, 0.15) is 0 Å². The van der Waals surface area contributed by atoms with E-state index in [1.165, 1.54) is 0 Å². The highest BCUT2D eigenvalue weighted by Crippen LogP contribution is 2.50. The third-order valence-corrected chi connectivity index (χ3v) is 7.72. The van der Waals surface area contributed by atoms with Gasteiger partial charge in [0.2, 0.25) is 0 Å². The number of amides is 1. The summed E-state index contributed by atoms with van der Waals surface area (Å²) in [5, 5.41) is 3.21. The van der Waals surface area contributed by atoms with Gasteiger partial charge < -0.3 is 15.0 Å². The monoisotopic (exact) mass is 538 g/mol. The van der Waals surface area contributed by atoms with Crippen molar-refractivity contribution in [2.75, 3.05) is 18.5 Å². The minimum absolute atomic E-state index is 0.0692. The van der Waals surface area contributed by atoms with Crippen LogP contribution in [0.5, 0.6) is 5.75 Å². The zero-order chi connectivity index (χ0) is 26.1. The van der Waals surface area contributed by atoms with Crippen LogP contribution in [0.2, 0.25) is 10.0 Å². The summed E-state index contributed by atoms with van der Waals surface area (Å²) in [4.78, 5) is 41.1. The molecule has 8 heteroatoms. The molecule has 2 aromatic carbocycles. The Balaban J connectivity index is 1.48.